The Morgan fingerprint density at radius 1 is 0.393 bits per heavy atom. The van der Waals surface area contributed by atoms with Crippen LogP contribution in [0.1, 0.15) is 0 Å². The minimum atomic E-state index is 0.0578. The molecule has 11 aromatic rings. The molecule has 8 aromatic carbocycles. The number of thiophene rings is 2. The van der Waals surface area contributed by atoms with E-state index >= 15 is 0 Å². The Hall–Kier alpha value is -6.60. The summed E-state index contributed by atoms with van der Waals surface area (Å²) in [6.45, 7) is 0.0578. The van der Waals surface area contributed by atoms with E-state index in [2.05, 4.69) is 196 Å². The molecule has 0 radical (unpaired) electrons. The van der Waals surface area contributed by atoms with Gasteiger partial charge in [-0.3, -0.25) is 0 Å². The van der Waals surface area contributed by atoms with Gasteiger partial charge in [0.2, 0.25) is 0 Å². The second kappa shape index (κ2) is 11.5. The molecule has 5 heterocycles. The third-order valence-electron chi connectivity index (χ3n) is 11.9. The Morgan fingerprint density at radius 2 is 1.04 bits per heavy atom. The highest BCUT2D eigenvalue weighted by molar-refractivity contribution is 7.35. The number of fused-ring (bicyclic) bond motifs is 12. The van der Waals surface area contributed by atoms with Crippen LogP contribution in [0.5, 0.6) is 0 Å². The van der Waals surface area contributed by atoms with Gasteiger partial charge in [0, 0.05) is 58.8 Å². The van der Waals surface area contributed by atoms with E-state index in [1.54, 1.807) is 0 Å². The molecular formula is C50H30BN3S2. The molecule has 3 nitrogen and oxygen atoms in total. The van der Waals surface area contributed by atoms with Crippen molar-refractivity contribution in [2.24, 2.45) is 0 Å². The highest BCUT2D eigenvalue weighted by atomic mass is 32.1. The maximum Gasteiger partial charge on any atom is 0.266 e. The Balaban J connectivity index is 1.15. The molecule has 0 amide bonds. The normalized spacial score (nSPS) is 13.2. The second-order valence-electron chi connectivity index (χ2n) is 14.9. The lowest BCUT2D eigenvalue weighted by molar-refractivity contribution is 1.19. The summed E-state index contributed by atoms with van der Waals surface area (Å²) in [5, 5.41) is 8.96. The molecule has 56 heavy (non-hydrogen) atoms. The van der Waals surface area contributed by atoms with Gasteiger partial charge in [-0.1, -0.05) is 109 Å². The molecule has 0 bridgehead atoms. The molecule has 0 spiro atoms. The summed E-state index contributed by atoms with van der Waals surface area (Å²) in [5.74, 6) is 0. The van der Waals surface area contributed by atoms with Crippen LogP contribution in [0.4, 0.5) is 33.4 Å². The van der Waals surface area contributed by atoms with Gasteiger partial charge in [-0.15, -0.1) is 22.7 Å². The van der Waals surface area contributed by atoms with Crippen molar-refractivity contribution in [3.63, 3.8) is 0 Å². The topological polar surface area (TPSA) is 11.4 Å². The first kappa shape index (κ1) is 30.7. The fourth-order valence-electron chi connectivity index (χ4n) is 9.63. The van der Waals surface area contributed by atoms with Gasteiger partial charge in [0.05, 0.1) is 21.7 Å². The monoisotopic (exact) mass is 747 g/mol. The quantitative estimate of drug-likeness (QED) is 0.167. The Bertz CT molecular complexity index is 3360. The van der Waals surface area contributed by atoms with Gasteiger partial charge in [-0.25, -0.2) is 0 Å². The summed E-state index contributed by atoms with van der Waals surface area (Å²) < 4.78 is 6.47. The third kappa shape index (κ3) is 4.12. The predicted molar refractivity (Wildman–Crippen MR) is 243 cm³/mol. The first-order valence-corrected chi connectivity index (χ1v) is 20.8. The summed E-state index contributed by atoms with van der Waals surface area (Å²) in [7, 11) is 0. The number of hydrogen-bond donors (Lipinski definition) is 0. The van der Waals surface area contributed by atoms with Crippen molar-refractivity contribution in [1.82, 2.24) is 4.57 Å². The lowest BCUT2D eigenvalue weighted by atomic mass is 9.36. The second-order valence-corrected chi connectivity index (χ2v) is 17.0. The van der Waals surface area contributed by atoms with Crippen molar-refractivity contribution in [1.29, 1.82) is 0 Å². The molecule has 0 saturated heterocycles. The molecule has 6 heteroatoms. The zero-order chi connectivity index (χ0) is 36.5. The number of aromatic nitrogens is 1. The van der Waals surface area contributed by atoms with Gasteiger partial charge in [0.15, 0.2) is 0 Å². The zero-order valence-corrected chi connectivity index (χ0v) is 31.7. The fourth-order valence-corrected chi connectivity index (χ4v) is 12.2. The van der Waals surface area contributed by atoms with E-state index < -0.39 is 0 Å². The summed E-state index contributed by atoms with van der Waals surface area (Å²) >= 11 is 3.88. The lowest BCUT2D eigenvalue weighted by Gasteiger charge is -2.42. The van der Waals surface area contributed by atoms with Gasteiger partial charge < -0.3 is 14.4 Å². The van der Waals surface area contributed by atoms with E-state index in [4.69, 9.17) is 0 Å². The molecule has 0 N–H and O–H groups in total. The van der Waals surface area contributed by atoms with Crippen LogP contribution in [-0.2, 0) is 0 Å². The number of para-hydroxylation sites is 3. The molecular weight excluding hydrogens is 718 g/mol. The van der Waals surface area contributed by atoms with Gasteiger partial charge in [0.1, 0.15) is 0 Å². The number of benzene rings is 8. The van der Waals surface area contributed by atoms with E-state index in [9.17, 15) is 0 Å². The van der Waals surface area contributed by atoms with Crippen LogP contribution in [-0.4, -0.2) is 11.3 Å². The molecule has 0 aliphatic carbocycles. The van der Waals surface area contributed by atoms with Crippen LogP contribution >= 0.6 is 22.7 Å². The molecule has 2 aliphatic rings. The summed E-state index contributed by atoms with van der Waals surface area (Å²) in [6, 6.07) is 67.3. The maximum absolute atomic E-state index is 2.56. The highest BCUT2D eigenvalue weighted by Crippen LogP contribution is 2.50. The van der Waals surface area contributed by atoms with Gasteiger partial charge in [0.25, 0.3) is 6.71 Å². The molecule has 260 valence electrons. The van der Waals surface area contributed by atoms with Gasteiger partial charge in [-0.2, -0.15) is 0 Å². The van der Waals surface area contributed by atoms with E-state index in [1.165, 1.54) is 108 Å². The largest absolute Gasteiger partial charge is 0.310 e. The Kier molecular flexibility index (Phi) is 6.29. The molecule has 0 saturated carbocycles. The average Bonchev–Trinajstić information content (AvgIpc) is 3.94. The molecule has 3 aromatic heterocycles. The van der Waals surface area contributed by atoms with Crippen LogP contribution in [0, 0.1) is 0 Å². The maximum atomic E-state index is 2.56. The van der Waals surface area contributed by atoms with Crippen molar-refractivity contribution in [2.45, 2.75) is 0 Å². The van der Waals surface area contributed by atoms with Crippen LogP contribution in [0.15, 0.2) is 182 Å². The van der Waals surface area contributed by atoms with Crippen molar-refractivity contribution in [3.05, 3.63) is 182 Å². The molecule has 0 fully saturated rings. The van der Waals surface area contributed by atoms with E-state index in [0.717, 1.165) is 0 Å². The van der Waals surface area contributed by atoms with Crippen LogP contribution in [0.2, 0.25) is 0 Å². The fraction of sp³-hybridized carbons (Fsp3) is 0. The predicted octanol–water partition coefficient (Wildman–Crippen LogP) is 12.4. The van der Waals surface area contributed by atoms with Crippen molar-refractivity contribution in [3.8, 4) is 5.69 Å². The standard InChI is InChI=1S/C50H30BN3S2/c1-2-15-33(16-3-1)53-42-22-12-23-43-47(42)51(49-48(53)38-19-8-11-24-44(38)55-49)46-39-30-35(52-40-20-9-6-17-36(40)37-18-7-10-21-41(37)52)27-28-45(39)56-50(46)54(43)34-26-25-31-13-4-5-14-32(31)29-34/h1-30H. The van der Waals surface area contributed by atoms with Crippen molar-refractivity contribution < 1.29 is 0 Å². The third-order valence-corrected chi connectivity index (χ3v) is 14.3. The average molecular weight is 748 g/mol. The summed E-state index contributed by atoms with van der Waals surface area (Å²) in [6.07, 6.45) is 0. The minimum absolute atomic E-state index is 0.0578. The molecule has 0 unspecified atom stereocenters. The van der Waals surface area contributed by atoms with E-state index in [-0.39, 0.29) is 6.71 Å². The van der Waals surface area contributed by atoms with Gasteiger partial charge >= 0.3 is 0 Å². The number of rotatable bonds is 3. The Labute approximate surface area is 331 Å². The van der Waals surface area contributed by atoms with Gasteiger partial charge in [-0.05, 0) is 99.9 Å². The minimum Gasteiger partial charge on any atom is -0.310 e. The molecule has 13 rings (SSSR count). The Morgan fingerprint density at radius 3 is 1.84 bits per heavy atom. The number of hydrogen-bond acceptors (Lipinski definition) is 4. The molecule has 2 aliphatic heterocycles. The van der Waals surface area contributed by atoms with Crippen LogP contribution in [0.3, 0.4) is 0 Å². The van der Waals surface area contributed by atoms with E-state index in [1.807, 2.05) is 22.7 Å². The number of anilines is 6. The summed E-state index contributed by atoms with van der Waals surface area (Å²) in [4.78, 5) is 5.09. The van der Waals surface area contributed by atoms with Crippen LogP contribution < -0.4 is 25.5 Å². The first-order chi connectivity index (χ1) is 27.8. The van der Waals surface area contributed by atoms with Crippen molar-refractivity contribution in [2.75, 3.05) is 9.80 Å². The number of nitrogens with zero attached hydrogens (tertiary/aromatic N) is 3. The SMILES string of the molecule is c1ccc(N2c3cccc4c3B(c3sc5ccccc5c32)c2c(sc3ccc(-n5c6ccccc6c6ccccc65)cc23)N4c2ccc3ccccc3c2)cc1. The summed E-state index contributed by atoms with van der Waals surface area (Å²) in [5.41, 5.74) is 12.5. The zero-order valence-electron chi connectivity index (χ0n) is 30.1. The molecule has 0 atom stereocenters. The first-order valence-electron chi connectivity index (χ1n) is 19.1. The van der Waals surface area contributed by atoms with E-state index in [0.29, 0.717) is 0 Å². The highest BCUT2D eigenvalue weighted by Gasteiger charge is 2.46. The smallest absolute Gasteiger partial charge is 0.266 e. The lowest BCUT2D eigenvalue weighted by Crippen LogP contribution is -2.60. The van der Waals surface area contributed by atoms with Crippen molar-refractivity contribution >= 4 is 131 Å². The van der Waals surface area contributed by atoms with Crippen LogP contribution in [0.25, 0.3) is 58.4 Å².